The van der Waals surface area contributed by atoms with E-state index >= 15 is 0 Å². The van der Waals surface area contributed by atoms with E-state index in [4.69, 9.17) is 17.0 Å². The van der Waals surface area contributed by atoms with Crippen molar-refractivity contribution in [2.75, 3.05) is 10.6 Å². The lowest BCUT2D eigenvalue weighted by Gasteiger charge is -2.19. The number of hydrogen-bond donors (Lipinski definition) is 3. The maximum absolute atomic E-state index is 12.8. The molecule has 4 aromatic carbocycles. The van der Waals surface area contributed by atoms with Gasteiger partial charge in [-0.15, -0.1) is 0 Å². The van der Waals surface area contributed by atoms with Crippen molar-refractivity contribution < 1.29 is 14.3 Å². The molecule has 6 nitrogen and oxygen atoms in total. The number of rotatable bonds is 7. The molecule has 39 heavy (non-hydrogen) atoms. The Bertz CT molecular complexity index is 1460. The van der Waals surface area contributed by atoms with E-state index < -0.39 is 0 Å². The lowest BCUT2D eigenvalue weighted by atomic mass is 9.87. The monoisotopic (exact) mass is 537 g/mol. The molecule has 0 saturated carbocycles. The molecule has 0 bridgehead atoms. The standard InChI is InChI=1S/C32H31N3O3S/c1-32(2,3)25-17-15-23(16-18-25)29(36)33-26-12-8-13-27(20-26)34-31(39)35-30(37)24-11-7-14-28(19-24)38-21-22-9-5-4-6-10-22/h4-20H,21H2,1-3H3,(H,33,36)(H2,34,35,37,39). The average Bonchev–Trinajstić information content (AvgIpc) is 2.92. The van der Waals surface area contributed by atoms with Gasteiger partial charge in [-0.3, -0.25) is 14.9 Å². The molecule has 3 N–H and O–H groups in total. The molecule has 4 aromatic rings. The van der Waals surface area contributed by atoms with E-state index in [1.165, 1.54) is 0 Å². The fraction of sp³-hybridized carbons (Fsp3) is 0.156. The van der Waals surface area contributed by atoms with Crippen LogP contribution in [0.2, 0.25) is 0 Å². The molecule has 0 fully saturated rings. The third kappa shape index (κ3) is 7.99. The number of carbonyl (C=O) groups excluding carboxylic acids is 2. The van der Waals surface area contributed by atoms with Crippen molar-refractivity contribution in [3.05, 3.63) is 125 Å². The summed E-state index contributed by atoms with van der Waals surface area (Å²) in [7, 11) is 0. The minimum Gasteiger partial charge on any atom is -0.489 e. The largest absolute Gasteiger partial charge is 0.489 e. The van der Waals surface area contributed by atoms with Crippen molar-refractivity contribution in [3.63, 3.8) is 0 Å². The van der Waals surface area contributed by atoms with Crippen molar-refractivity contribution in [2.24, 2.45) is 0 Å². The number of ether oxygens (including phenoxy) is 1. The van der Waals surface area contributed by atoms with Crippen molar-refractivity contribution in [1.82, 2.24) is 5.32 Å². The zero-order valence-corrected chi connectivity index (χ0v) is 23.0. The quantitative estimate of drug-likeness (QED) is 0.223. The molecule has 0 aliphatic rings. The average molecular weight is 538 g/mol. The van der Waals surface area contributed by atoms with Crippen LogP contribution in [-0.4, -0.2) is 16.9 Å². The molecule has 0 aliphatic heterocycles. The van der Waals surface area contributed by atoms with Gasteiger partial charge in [-0.25, -0.2) is 0 Å². The minimum atomic E-state index is -0.360. The third-order valence-electron chi connectivity index (χ3n) is 5.96. The van der Waals surface area contributed by atoms with Gasteiger partial charge < -0.3 is 15.4 Å². The Labute approximate surface area is 234 Å². The normalized spacial score (nSPS) is 10.8. The van der Waals surface area contributed by atoms with Crippen molar-refractivity contribution in [2.45, 2.75) is 32.8 Å². The second-order valence-corrected chi connectivity index (χ2v) is 10.5. The molecule has 0 atom stereocenters. The molecule has 0 saturated heterocycles. The number of nitrogens with one attached hydrogen (secondary N) is 3. The predicted octanol–water partition coefficient (Wildman–Crippen LogP) is 6.94. The second-order valence-electron chi connectivity index (χ2n) is 10.1. The summed E-state index contributed by atoms with van der Waals surface area (Å²) >= 11 is 5.35. The van der Waals surface area contributed by atoms with Crippen molar-refractivity contribution >= 4 is 40.5 Å². The van der Waals surface area contributed by atoms with Gasteiger partial charge >= 0.3 is 0 Å². The number of hydrogen-bond acceptors (Lipinski definition) is 4. The van der Waals surface area contributed by atoms with Crippen LogP contribution in [0.1, 0.15) is 52.6 Å². The first-order chi connectivity index (χ1) is 18.7. The summed E-state index contributed by atoms with van der Waals surface area (Å²) in [5.74, 6) is 0.0144. The van der Waals surface area contributed by atoms with E-state index in [1.54, 1.807) is 48.5 Å². The Hall–Kier alpha value is -4.49. The van der Waals surface area contributed by atoms with Gasteiger partial charge in [-0.2, -0.15) is 0 Å². The Morgan fingerprint density at radius 2 is 1.38 bits per heavy atom. The van der Waals surface area contributed by atoms with Crippen LogP contribution in [0.4, 0.5) is 11.4 Å². The van der Waals surface area contributed by atoms with Crippen LogP contribution < -0.4 is 20.7 Å². The van der Waals surface area contributed by atoms with Crippen LogP contribution in [0.3, 0.4) is 0 Å². The Balaban J connectivity index is 1.32. The molecule has 0 unspecified atom stereocenters. The summed E-state index contributed by atoms with van der Waals surface area (Å²) in [4.78, 5) is 25.5. The Morgan fingerprint density at radius 1 is 0.718 bits per heavy atom. The topological polar surface area (TPSA) is 79.5 Å². The zero-order valence-electron chi connectivity index (χ0n) is 22.2. The van der Waals surface area contributed by atoms with E-state index in [0.717, 1.165) is 11.1 Å². The highest BCUT2D eigenvalue weighted by atomic mass is 32.1. The van der Waals surface area contributed by atoms with Gasteiger partial charge in [0.25, 0.3) is 11.8 Å². The SMILES string of the molecule is CC(C)(C)c1ccc(C(=O)Nc2cccc(NC(=S)NC(=O)c3cccc(OCc4ccccc4)c3)c2)cc1. The van der Waals surface area contributed by atoms with Crippen LogP contribution in [-0.2, 0) is 12.0 Å². The summed E-state index contributed by atoms with van der Waals surface area (Å²) in [6, 6.07) is 31.4. The van der Waals surface area contributed by atoms with E-state index in [0.29, 0.717) is 34.9 Å². The highest BCUT2D eigenvalue weighted by molar-refractivity contribution is 7.80. The maximum atomic E-state index is 12.8. The Morgan fingerprint density at radius 3 is 2.08 bits per heavy atom. The lowest BCUT2D eigenvalue weighted by Crippen LogP contribution is -2.34. The Kier molecular flexibility index (Phi) is 8.74. The van der Waals surface area contributed by atoms with Crippen molar-refractivity contribution in [1.29, 1.82) is 0 Å². The molecule has 0 aliphatic carbocycles. The number of thiocarbonyl (C=S) groups is 1. The first-order valence-corrected chi connectivity index (χ1v) is 13.0. The van der Waals surface area contributed by atoms with Crippen LogP contribution in [0.5, 0.6) is 5.75 Å². The fourth-order valence-corrected chi connectivity index (χ4v) is 4.02. The number of anilines is 2. The molecular formula is C32H31N3O3S. The van der Waals surface area contributed by atoms with E-state index in [-0.39, 0.29) is 22.3 Å². The highest BCUT2D eigenvalue weighted by Crippen LogP contribution is 2.23. The van der Waals surface area contributed by atoms with E-state index in [1.807, 2.05) is 54.6 Å². The third-order valence-corrected chi connectivity index (χ3v) is 6.17. The zero-order chi connectivity index (χ0) is 27.8. The van der Waals surface area contributed by atoms with Gasteiger partial charge in [-0.1, -0.05) is 75.4 Å². The van der Waals surface area contributed by atoms with Gasteiger partial charge in [0.05, 0.1) is 0 Å². The number of amides is 2. The fourth-order valence-electron chi connectivity index (χ4n) is 3.81. The van der Waals surface area contributed by atoms with Gasteiger partial charge in [0, 0.05) is 22.5 Å². The maximum Gasteiger partial charge on any atom is 0.257 e. The highest BCUT2D eigenvalue weighted by Gasteiger charge is 2.15. The number of benzene rings is 4. The molecule has 0 spiro atoms. The second kappa shape index (κ2) is 12.4. The smallest absolute Gasteiger partial charge is 0.257 e. The summed E-state index contributed by atoms with van der Waals surface area (Å²) in [6.45, 7) is 6.80. The summed E-state index contributed by atoms with van der Waals surface area (Å²) < 4.78 is 5.82. The summed E-state index contributed by atoms with van der Waals surface area (Å²) in [5.41, 5.74) is 4.43. The van der Waals surface area contributed by atoms with E-state index in [2.05, 4.69) is 36.7 Å². The van der Waals surface area contributed by atoms with Gasteiger partial charge in [0.2, 0.25) is 0 Å². The summed E-state index contributed by atoms with van der Waals surface area (Å²) in [6.07, 6.45) is 0. The van der Waals surface area contributed by atoms with Gasteiger partial charge in [0.15, 0.2) is 5.11 Å². The first-order valence-electron chi connectivity index (χ1n) is 12.6. The lowest BCUT2D eigenvalue weighted by molar-refractivity contribution is 0.0976. The van der Waals surface area contributed by atoms with Gasteiger partial charge in [0.1, 0.15) is 12.4 Å². The van der Waals surface area contributed by atoms with Crippen LogP contribution in [0, 0.1) is 0 Å². The summed E-state index contributed by atoms with van der Waals surface area (Å²) in [5, 5.41) is 8.73. The van der Waals surface area contributed by atoms with Crippen LogP contribution in [0.25, 0.3) is 0 Å². The van der Waals surface area contributed by atoms with Gasteiger partial charge in [-0.05, 0) is 77.3 Å². The molecule has 198 valence electrons. The van der Waals surface area contributed by atoms with Crippen molar-refractivity contribution in [3.8, 4) is 5.75 Å². The molecule has 0 aromatic heterocycles. The molecule has 0 heterocycles. The van der Waals surface area contributed by atoms with Crippen LogP contribution in [0.15, 0.2) is 103 Å². The van der Waals surface area contributed by atoms with E-state index in [9.17, 15) is 9.59 Å². The molecule has 7 heteroatoms. The molecule has 2 amide bonds. The minimum absolute atomic E-state index is 0.0157. The molecular weight excluding hydrogens is 506 g/mol. The number of carbonyl (C=O) groups is 2. The van der Waals surface area contributed by atoms with Crippen LogP contribution >= 0.6 is 12.2 Å². The first kappa shape index (κ1) is 27.5. The predicted molar refractivity (Wildman–Crippen MR) is 160 cm³/mol. The molecule has 4 rings (SSSR count). The molecule has 0 radical (unpaired) electrons.